The fourth-order valence-electron chi connectivity index (χ4n) is 1.46. The van der Waals surface area contributed by atoms with Crippen molar-refractivity contribution in [2.75, 3.05) is 5.32 Å². The van der Waals surface area contributed by atoms with Gasteiger partial charge in [-0.05, 0) is 30.5 Å². The fraction of sp³-hybridized carbons (Fsp3) is 0.462. The number of sulfonamides is 1. The molecule has 3 N–H and O–H groups in total. The number of amides is 1. The van der Waals surface area contributed by atoms with Crippen LogP contribution in [0.1, 0.15) is 26.3 Å². The number of aryl methyl sites for hydroxylation is 1. The highest BCUT2D eigenvalue weighted by atomic mass is 32.2. The number of hydrogen-bond donors (Lipinski definition) is 2. The highest BCUT2D eigenvalue weighted by Crippen LogP contribution is 2.21. The first-order valence-corrected chi connectivity index (χ1v) is 7.62. The van der Waals surface area contributed by atoms with Gasteiger partial charge in [-0.3, -0.25) is 4.79 Å². The molecule has 1 rings (SSSR count). The predicted octanol–water partition coefficient (Wildman–Crippen LogP) is 1.87. The summed E-state index contributed by atoms with van der Waals surface area (Å²) in [6.07, 6.45) is 0. The van der Waals surface area contributed by atoms with Crippen LogP contribution >= 0.6 is 0 Å². The number of hydrogen-bond acceptors (Lipinski definition) is 3. The Morgan fingerprint density at radius 2 is 1.84 bits per heavy atom. The summed E-state index contributed by atoms with van der Waals surface area (Å²) in [6, 6.07) is 4.43. The van der Waals surface area contributed by atoms with Crippen molar-refractivity contribution < 1.29 is 13.2 Å². The lowest BCUT2D eigenvalue weighted by Crippen LogP contribution is -2.25. The Labute approximate surface area is 114 Å². The molecule has 0 fully saturated rings. The first-order chi connectivity index (χ1) is 8.62. The fourth-order valence-corrected chi connectivity index (χ4v) is 2.00. The average Bonchev–Trinajstić information content (AvgIpc) is 2.29. The zero-order chi connectivity index (χ0) is 14.8. The van der Waals surface area contributed by atoms with Crippen molar-refractivity contribution in [3.8, 4) is 0 Å². The van der Waals surface area contributed by atoms with Crippen LogP contribution in [0.4, 0.5) is 5.69 Å². The van der Waals surface area contributed by atoms with Gasteiger partial charge in [0.05, 0.1) is 4.90 Å². The molecule has 0 saturated heterocycles. The van der Waals surface area contributed by atoms with Gasteiger partial charge in [0, 0.05) is 11.6 Å². The number of rotatable bonds is 4. The quantitative estimate of drug-likeness (QED) is 0.884. The maximum atomic E-state index is 12.0. The lowest BCUT2D eigenvalue weighted by molar-refractivity contribution is -0.120. The molecule has 1 atom stereocenters. The van der Waals surface area contributed by atoms with Gasteiger partial charge in [0.2, 0.25) is 15.9 Å². The van der Waals surface area contributed by atoms with Crippen molar-refractivity contribution in [1.29, 1.82) is 0 Å². The van der Waals surface area contributed by atoms with E-state index in [4.69, 9.17) is 5.14 Å². The smallest absolute Gasteiger partial charge is 0.238 e. The van der Waals surface area contributed by atoms with E-state index >= 15 is 0 Å². The third kappa shape index (κ3) is 4.04. The number of anilines is 1. The van der Waals surface area contributed by atoms with Crippen LogP contribution in [0.3, 0.4) is 0 Å². The van der Waals surface area contributed by atoms with Crippen LogP contribution in [-0.2, 0) is 14.8 Å². The van der Waals surface area contributed by atoms with Crippen LogP contribution in [0.25, 0.3) is 0 Å². The van der Waals surface area contributed by atoms with Crippen LogP contribution in [0.5, 0.6) is 0 Å². The zero-order valence-electron chi connectivity index (χ0n) is 11.6. The summed E-state index contributed by atoms with van der Waals surface area (Å²) in [5.74, 6) is -0.0797. The van der Waals surface area contributed by atoms with Gasteiger partial charge >= 0.3 is 0 Å². The van der Waals surface area contributed by atoms with Crippen LogP contribution < -0.4 is 10.5 Å². The molecule has 1 unspecified atom stereocenters. The van der Waals surface area contributed by atoms with Gasteiger partial charge in [0.25, 0.3) is 0 Å². The molecule has 1 aromatic rings. The van der Waals surface area contributed by atoms with E-state index in [9.17, 15) is 13.2 Å². The van der Waals surface area contributed by atoms with Crippen molar-refractivity contribution in [3.63, 3.8) is 0 Å². The summed E-state index contributed by atoms with van der Waals surface area (Å²) in [5, 5.41) is 7.82. The van der Waals surface area contributed by atoms with Gasteiger partial charge in [0.15, 0.2) is 0 Å². The van der Waals surface area contributed by atoms with E-state index in [-0.39, 0.29) is 22.6 Å². The molecule has 106 valence electrons. The Kier molecular flexibility index (Phi) is 4.70. The van der Waals surface area contributed by atoms with Crippen molar-refractivity contribution in [2.45, 2.75) is 32.6 Å². The molecule has 5 nitrogen and oxygen atoms in total. The molecule has 0 aliphatic heterocycles. The molecule has 0 saturated carbocycles. The highest BCUT2D eigenvalue weighted by molar-refractivity contribution is 7.89. The minimum atomic E-state index is -3.77. The third-order valence-electron chi connectivity index (χ3n) is 3.21. The maximum Gasteiger partial charge on any atom is 0.238 e. The number of nitrogens with one attached hydrogen (secondary N) is 1. The van der Waals surface area contributed by atoms with Crippen molar-refractivity contribution in [3.05, 3.63) is 23.8 Å². The molecule has 19 heavy (non-hydrogen) atoms. The van der Waals surface area contributed by atoms with Gasteiger partial charge < -0.3 is 5.32 Å². The summed E-state index contributed by atoms with van der Waals surface area (Å²) >= 11 is 0. The summed E-state index contributed by atoms with van der Waals surface area (Å²) in [5.41, 5.74) is 1.26. The second kappa shape index (κ2) is 5.71. The molecule has 0 spiro atoms. The molecule has 6 heteroatoms. The molecule has 1 aromatic carbocycles. The monoisotopic (exact) mass is 284 g/mol. The van der Waals surface area contributed by atoms with E-state index in [2.05, 4.69) is 5.32 Å². The summed E-state index contributed by atoms with van der Waals surface area (Å²) in [4.78, 5) is 12.0. The van der Waals surface area contributed by atoms with Crippen LogP contribution in [-0.4, -0.2) is 14.3 Å². The Hall–Kier alpha value is -1.40. The molecule has 0 aromatic heterocycles. The topological polar surface area (TPSA) is 89.3 Å². The van der Waals surface area contributed by atoms with E-state index in [1.54, 1.807) is 13.0 Å². The Balaban J connectivity index is 3.05. The van der Waals surface area contributed by atoms with Gasteiger partial charge in [0.1, 0.15) is 0 Å². The summed E-state index contributed by atoms with van der Waals surface area (Å²) in [7, 11) is -3.77. The molecule has 0 bridgehead atoms. The minimum Gasteiger partial charge on any atom is -0.326 e. The predicted molar refractivity (Wildman–Crippen MR) is 75.2 cm³/mol. The second-order valence-corrected chi connectivity index (χ2v) is 6.61. The number of benzene rings is 1. The molecule has 0 heterocycles. The highest BCUT2D eigenvalue weighted by Gasteiger charge is 2.18. The van der Waals surface area contributed by atoms with E-state index in [1.807, 2.05) is 20.8 Å². The normalized spacial score (nSPS) is 13.4. The largest absolute Gasteiger partial charge is 0.326 e. The Morgan fingerprint density at radius 3 is 2.32 bits per heavy atom. The van der Waals surface area contributed by atoms with E-state index in [1.165, 1.54) is 12.1 Å². The van der Waals surface area contributed by atoms with Crippen molar-refractivity contribution >= 4 is 21.6 Å². The molecular formula is C13H20N2O3S. The zero-order valence-corrected chi connectivity index (χ0v) is 12.4. The lowest BCUT2D eigenvalue weighted by Gasteiger charge is -2.16. The van der Waals surface area contributed by atoms with Crippen LogP contribution in [0.2, 0.25) is 0 Å². The summed E-state index contributed by atoms with van der Waals surface area (Å²) in [6.45, 7) is 7.54. The van der Waals surface area contributed by atoms with Crippen molar-refractivity contribution in [2.24, 2.45) is 17.0 Å². The van der Waals surface area contributed by atoms with E-state index < -0.39 is 10.0 Å². The minimum absolute atomic E-state index is 0.00870. The Morgan fingerprint density at radius 1 is 1.26 bits per heavy atom. The van der Waals surface area contributed by atoms with Crippen molar-refractivity contribution in [1.82, 2.24) is 0 Å². The van der Waals surface area contributed by atoms with Gasteiger partial charge in [-0.25, -0.2) is 13.6 Å². The third-order valence-corrected chi connectivity index (χ3v) is 4.12. The van der Waals surface area contributed by atoms with E-state index in [0.29, 0.717) is 5.69 Å². The summed E-state index contributed by atoms with van der Waals surface area (Å²) < 4.78 is 22.6. The Bertz CT molecular complexity index is 580. The molecular weight excluding hydrogens is 264 g/mol. The second-order valence-electron chi connectivity index (χ2n) is 5.04. The number of carbonyl (C=O) groups is 1. The molecule has 0 aliphatic rings. The molecule has 1 amide bonds. The van der Waals surface area contributed by atoms with Gasteiger partial charge in [-0.2, -0.15) is 0 Å². The standard InChI is InChI=1S/C13H20N2O3S/c1-8(2)10(4)13(16)15-12-7-11(19(14,17)18)6-5-9(12)3/h5-8,10H,1-4H3,(H,15,16)(H2,14,17,18). The first kappa shape index (κ1) is 15.7. The number of nitrogens with two attached hydrogens (primary N) is 1. The maximum absolute atomic E-state index is 12.0. The number of primary sulfonamides is 1. The molecule has 0 aliphatic carbocycles. The average molecular weight is 284 g/mol. The van der Waals surface area contributed by atoms with E-state index in [0.717, 1.165) is 5.56 Å². The molecule has 0 radical (unpaired) electrons. The number of carbonyl (C=O) groups excluding carboxylic acids is 1. The lowest BCUT2D eigenvalue weighted by atomic mass is 9.97. The van der Waals surface area contributed by atoms with Gasteiger partial charge in [-0.1, -0.05) is 26.8 Å². The van der Waals surface area contributed by atoms with Crippen LogP contribution in [0.15, 0.2) is 23.1 Å². The first-order valence-electron chi connectivity index (χ1n) is 6.07. The van der Waals surface area contributed by atoms with Gasteiger partial charge in [-0.15, -0.1) is 0 Å². The van der Waals surface area contributed by atoms with Crippen LogP contribution in [0, 0.1) is 18.8 Å². The SMILES string of the molecule is Cc1ccc(S(N)(=O)=O)cc1NC(=O)C(C)C(C)C.